The fourth-order valence-corrected chi connectivity index (χ4v) is 0.575. The zero-order valence-corrected chi connectivity index (χ0v) is 7.12. The van der Waals surface area contributed by atoms with Gasteiger partial charge >= 0.3 is 0 Å². The predicted octanol–water partition coefficient (Wildman–Crippen LogP) is -0.753. The molecule has 0 aromatic carbocycles. The molecule has 0 bridgehead atoms. The van der Waals surface area contributed by atoms with Crippen LogP contribution in [0.4, 0.5) is 0 Å². The van der Waals surface area contributed by atoms with Gasteiger partial charge in [-0.3, -0.25) is 0 Å². The van der Waals surface area contributed by atoms with Gasteiger partial charge in [0.05, 0.1) is 19.3 Å². The third-order valence-corrected chi connectivity index (χ3v) is 1.34. The highest BCUT2D eigenvalue weighted by Crippen LogP contribution is 1.86. The zero-order valence-electron chi connectivity index (χ0n) is 7.12. The largest absolute Gasteiger partial charge is 0.395 e. The van der Waals surface area contributed by atoms with Crippen LogP contribution in [0.15, 0.2) is 0 Å². The first-order valence-corrected chi connectivity index (χ1v) is 3.91. The topological polar surface area (TPSA) is 66.6 Å². The minimum atomic E-state index is -0.418. The van der Waals surface area contributed by atoms with Crippen LogP contribution in [0.2, 0.25) is 0 Å². The lowest BCUT2D eigenvalue weighted by atomic mass is 10.2. The zero-order chi connectivity index (χ0) is 8.69. The first-order valence-electron chi connectivity index (χ1n) is 3.91. The molecule has 0 spiro atoms. The number of hydrogen-bond acceptors (Lipinski definition) is 3. The maximum Gasteiger partial charge on any atom is 0.0668 e. The smallest absolute Gasteiger partial charge is 0.0668 e. The Hall–Kier alpha value is -0.160. The van der Waals surface area contributed by atoms with E-state index in [1.165, 1.54) is 0 Å². The Morgan fingerprint density at radius 3 is 2.55 bits per heavy atom. The molecular weight excluding hydrogens is 144 g/mol. The monoisotopic (exact) mass is 161 g/mol. The van der Waals surface area contributed by atoms with Crippen LogP contribution in [0.25, 0.3) is 0 Å². The predicted molar refractivity (Wildman–Crippen MR) is 43.0 cm³/mol. The van der Waals surface area contributed by atoms with E-state index in [4.69, 9.17) is 10.2 Å². The number of nitrogens with one attached hydrogen (secondary N) is 1. The summed E-state index contributed by atoms with van der Waals surface area (Å²) in [7, 11) is 0. The van der Waals surface area contributed by atoms with Gasteiger partial charge in [0, 0.05) is 6.04 Å². The quantitative estimate of drug-likeness (QED) is 0.449. The van der Waals surface area contributed by atoms with Crippen LogP contribution < -0.4 is 10.9 Å². The molecule has 4 nitrogen and oxygen atoms in total. The highest BCUT2D eigenvalue weighted by molar-refractivity contribution is 4.59. The van der Waals surface area contributed by atoms with Crippen LogP contribution >= 0.6 is 0 Å². The Bertz CT molecular complexity index is 84.5. The van der Waals surface area contributed by atoms with Gasteiger partial charge in [-0.2, -0.15) is 5.43 Å². The standard InChI is InChI=1S/C7H17N2O2/c1-3-7(5-10)9-8-4-6(2)11/h6-7,9-11H,3-5H2,1-2H3. The van der Waals surface area contributed by atoms with E-state index >= 15 is 0 Å². The van der Waals surface area contributed by atoms with Crippen molar-refractivity contribution in [1.82, 2.24) is 10.9 Å². The van der Waals surface area contributed by atoms with Crippen molar-refractivity contribution < 1.29 is 10.2 Å². The summed E-state index contributed by atoms with van der Waals surface area (Å²) in [5.41, 5.74) is 6.62. The first-order chi connectivity index (χ1) is 5.20. The van der Waals surface area contributed by atoms with Gasteiger partial charge < -0.3 is 10.2 Å². The fraction of sp³-hybridized carbons (Fsp3) is 1.00. The lowest BCUT2D eigenvalue weighted by molar-refractivity contribution is 0.168. The summed E-state index contributed by atoms with van der Waals surface area (Å²) in [6.07, 6.45) is 0.415. The second-order valence-electron chi connectivity index (χ2n) is 2.61. The molecule has 0 fully saturated rings. The van der Waals surface area contributed by atoms with Gasteiger partial charge in [0.2, 0.25) is 0 Å². The average Bonchev–Trinajstić information content (AvgIpc) is 1.98. The average molecular weight is 161 g/mol. The summed E-state index contributed by atoms with van der Waals surface area (Å²) >= 11 is 0. The summed E-state index contributed by atoms with van der Waals surface area (Å²) in [6.45, 7) is 4.09. The van der Waals surface area contributed by atoms with Gasteiger partial charge in [-0.25, -0.2) is 5.43 Å². The van der Waals surface area contributed by atoms with Gasteiger partial charge in [0.15, 0.2) is 0 Å². The molecule has 3 N–H and O–H groups in total. The number of rotatable bonds is 6. The molecule has 0 aromatic rings. The summed E-state index contributed by atoms with van der Waals surface area (Å²) < 4.78 is 0. The van der Waals surface area contributed by atoms with Crippen LogP contribution in [0.3, 0.4) is 0 Å². The van der Waals surface area contributed by atoms with Crippen molar-refractivity contribution in [3.63, 3.8) is 0 Å². The van der Waals surface area contributed by atoms with E-state index in [0.717, 1.165) is 6.42 Å². The minimum absolute atomic E-state index is 0.0220. The van der Waals surface area contributed by atoms with E-state index in [-0.39, 0.29) is 12.6 Å². The normalized spacial score (nSPS) is 16.4. The molecule has 0 aliphatic carbocycles. The molecule has 0 aliphatic heterocycles. The van der Waals surface area contributed by atoms with Gasteiger partial charge in [-0.15, -0.1) is 0 Å². The number of hydrogen-bond donors (Lipinski definition) is 3. The van der Waals surface area contributed by atoms with E-state index in [9.17, 15) is 0 Å². The van der Waals surface area contributed by atoms with Gasteiger partial charge in [0.1, 0.15) is 0 Å². The minimum Gasteiger partial charge on any atom is -0.395 e. The lowest BCUT2D eigenvalue weighted by Gasteiger charge is -2.13. The summed E-state index contributed by atoms with van der Waals surface area (Å²) in [5, 5.41) is 17.5. The van der Waals surface area contributed by atoms with Crippen molar-refractivity contribution >= 4 is 0 Å². The Labute approximate surface area is 67.6 Å². The van der Waals surface area contributed by atoms with Crippen molar-refractivity contribution in [3.05, 3.63) is 0 Å². The van der Waals surface area contributed by atoms with Gasteiger partial charge in [0.25, 0.3) is 0 Å². The Morgan fingerprint density at radius 2 is 2.18 bits per heavy atom. The number of aliphatic hydroxyl groups excluding tert-OH is 2. The van der Waals surface area contributed by atoms with Gasteiger partial charge in [-0.1, -0.05) is 6.92 Å². The van der Waals surface area contributed by atoms with Crippen LogP contribution in [0, 0.1) is 0 Å². The third kappa shape index (κ3) is 6.25. The molecule has 0 rings (SSSR count). The van der Waals surface area contributed by atoms with Crippen molar-refractivity contribution in [1.29, 1.82) is 0 Å². The molecule has 0 saturated heterocycles. The van der Waals surface area contributed by atoms with E-state index in [2.05, 4.69) is 10.9 Å². The molecule has 0 heterocycles. The molecule has 0 aromatic heterocycles. The van der Waals surface area contributed by atoms with E-state index in [1.807, 2.05) is 6.92 Å². The summed E-state index contributed by atoms with van der Waals surface area (Å²) in [5.74, 6) is 0. The van der Waals surface area contributed by atoms with Crippen molar-refractivity contribution in [2.45, 2.75) is 32.4 Å². The Balaban J connectivity index is 3.21. The number of nitrogens with zero attached hydrogens (tertiary/aromatic N) is 1. The Kier molecular flexibility index (Phi) is 6.45. The molecule has 2 unspecified atom stereocenters. The first kappa shape index (κ1) is 10.8. The van der Waals surface area contributed by atoms with Crippen molar-refractivity contribution in [2.24, 2.45) is 0 Å². The van der Waals surface area contributed by atoms with Crippen LogP contribution in [-0.2, 0) is 0 Å². The van der Waals surface area contributed by atoms with E-state index in [1.54, 1.807) is 6.92 Å². The van der Waals surface area contributed by atoms with Crippen LogP contribution in [0.5, 0.6) is 0 Å². The third-order valence-electron chi connectivity index (χ3n) is 1.34. The van der Waals surface area contributed by atoms with Crippen LogP contribution in [0.1, 0.15) is 20.3 Å². The number of aliphatic hydroxyl groups is 2. The molecule has 11 heavy (non-hydrogen) atoms. The molecule has 2 atom stereocenters. The summed E-state index contributed by atoms with van der Waals surface area (Å²) in [4.78, 5) is 0. The van der Waals surface area contributed by atoms with Crippen molar-refractivity contribution in [3.8, 4) is 0 Å². The van der Waals surface area contributed by atoms with E-state index in [0.29, 0.717) is 6.54 Å². The molecule has 0 aliphatic rings. The molecule has 0 amide bonds. The Morgan fingerprint density at radius 1 is 1.55 bits per heavy atom. The van der Waals surface area contributed by atoms with Crippen LogP contribution in [-0.4, -0.2) is 35.5 Å². The molecule has 67 valence electrons. The highest BCUT2D eigenvalue weighted by atomic mass is 16.3. The maximum atomic E-state index is 8.81. The highest BCUT2D eigenvalue weighted by Gasteiger charge is 2.03. The molecule has 0 saturated carbocycles. The maximum absolute atomic E-state index is 8.81. The van der Waals surface area contributed by atoms with Gasteiger partial charge in [-0.05, 0) is 13.3 Å². The lowest BCUT2D eigenvalue weighted by Crippen LogP contribution is -2.40. The SMILES string of the molecule is CCC(CO)N[N]CC(C)O. The second-order valence-corrected chi connectivity index (χ2v) is 2.61. The van der Waals surface area contributed by atoms with Crippen molar-refractivity contribution in [2.75, 3.05) is 13.2 Å². The van der Waals surface area contributed by atoms with E-state index < -0.39 is 6.10 Å². The summed E-state index contributed by atoms with van der Waals surface area (Å²) in [6, 6.07) is 0.0220. The molecule has 1 radical (unpaired) electrons. The fourth-order valence-electron chi connectivity index (χ4n) is 0.575. The molecule has 4 heteroatoms. The second kappa shape index (κ2) is 6.54. The molecular formula is C7H17N2O2.